The summed E-state index contributed by atoms with van der Waals surface area (Å²) in [6.07, 6.45) is -3.58. The Balaban J connectivity index is 3.20. The van der Waals surface area contributed by atoms with Gasteiger partial charge in [0.2, 0.25) is 5.69 Å². The van der Waals surface area contributed by atoms with Crippen molar-refractivity contribution in [2.24, 2.45) is 0 Å². The van der Waals surface area contributed by atoms with Crippen molar-refractivity contribution in [3.8, 4) is 0 Å². The summed E-state index contributed by atoms with van der Waals surface area (Å²) in [5.41, 5.74) is -0.945. The Morgan fingerprint density at radius 3 is 2.46 bits per heavy atom. The molecule has 0 aliphatic rings. The van der Waals surface area contributed by atoms with E-state index in [2.05, 4.69) is 25.8 Å². The highest BCUT2D eigenvalue weighted by Gasteiger charge is 2.32. The average molecular weight is 251 g/mol. The highest BCUT2D eigenvalue weighted by molar-refractivity contribution is 9.10. The van der Waals surface area contributed by atoms with Gasteiger partial charge in [0.15, 0.2) is 0 Å². The fraction of sp³-hybridized carbons (Fsp3) is 0.143. The van der Waals surface area contributed by atoms with Crippen molar-refractivity contribution in [3.05, 3.63) is 33.8 Å². The van der Waals surface area contributed by atoms with Gasteiger partial charge >= 0.3 is 6.18 Å². The van der Waals surface area contributed by atoms with Crippen LogP contribution >= 0.6 is 15.9 Å². The zero-order chi connectivity index (χ0) is 10.1. The normalized spacial score (nSPS) is 11.0. The molecule has 1 aromatic heterocycles. The third-order valence-electron chi connectivity index (χ3n) is 1.24. The summed E-state index contributed by atoms with van der Waals surface area (Å²) in [6.45, 7) is 6.58. The van der Waals surface area contributed by atoms with Gasteiger partial charge in [-0.2, -0.15) is 13.2 Å². The molecule has 1 heterocycles. The van der Waals surface area contributed by atoms with E-state index in [1.54, 1.807) is 0 Å². The molecule has 1 rings (SSSR count). The highest BCUT2D eigenvalue weighted by atomic mass is 79.9. The molecule has 0 bridgehead atoms. The van der Waals surface area contributed by atoms with Crippen LogP contribution < -0.4 is 0 Å². The van der Waals surface area contributed by atoms with E-state index < -0.39 is 11.9 Å². The largest absolute Gasteiger partial charge is 0.433 e. The van der Waals surface area contributed by atoms with Crippen LogP contribution in [-0.2, 0) is 6.18 Å². The van der Waals surface area contributed by atoms with Crippen LogP contribution in [0.2, 0.25) is 0 Å². The first-order valence-electron chi connectivity index (χ1n) is 3.05. The lowest BCUT2D eigenvalue weighted by Gasteiger charge is -2.05. The van der Waals surface area contributed by atoms with Crippen molar-refractivity contribution < 1.29 is 13.2 Å². The van der Waals surface area contributed by atoms with Crippen LogP contribution in [0.4, 0.5) is 18.9 Å². The standard InChI is InChI=1S/C7H2BrF3N2/c1-12-5-3-13-6(2-4(5)8)7(9,10)11/h2-3H. The summed E-state index contributed by atoms with van der Waals surface area (Å²) in [4.78, 5) is 6.08. The number of nitrogens with zero attached hydrogens (tertiary/aromatic N) is 2. The third-order valence-corrected chi connectivity index (χ3v) is 1.88. The van der Waals surface area contributed by atoms with E-state index in [1.807, 2.05) is 0 Å². The number of halogens is 4. The minimum atomic E-state index is -4.47. The number of hydrogen-bond donors (Lipinski definition) is 0. The number of pyridine rings is 1. The van der Waals surface area contributed by atoms with E-state index in [4.69, 9.17) is 6.57 Å². The van der Waals surface area contributed by atoms with Gasteiger partial charge in [0.1, 0.15) is 5.69 Å². The summed E-state index contributed by atoms with van der Waals surface area (Å²) < 4.78 is 36.2. The first-order chi connectivity index (χ1) is 5.95. The van der Waals surface area contributed by atoms with Gasteiger partial charge in [-0.05, 0) is 6.07 Å². The monoisotopic (exact) mass is 250 g/mol. The fourth-order valence-corrected chi connectivity index (χ4v) is 1.07. The Morgan fingerprint density at radius 2 is 2.08 bits per heavy atom. The lowest BCUT2D eigenvalue weighted by Crippen LogP contribution is -2.07. The Kier molecular flexibility index (Phi) is 2.57. The van der Waals surface area contributed by atoms with Gasteiger partial charge in [-0.1, -0.05) is 15.9 Å². The predicted molar refractivity (Wildman–Crippen MR) is 43.2 cm³/mol. The van der Waals surface area contributed by atoms with Crippen molar-refractivity contribution in [2.45, 2.75) is 6.18 Å². The van der Waals surface area contributed by atoms with Crippen LogP contribution in [-0.4, -0.2) is 4.98 Å². The van der Waals surface area contributed by atoms with E-state index in [1.165, 1.54) is 0 Å². The second kappa shape index (κ2) is 3.34. The summed E-state index contributed by atoms with van der Waals surface area (Å²) in [5, 5.41) is 0. The van der Waals surface area contributed by atoms with Crippen molar-refractivity contribution in [2.75, 3.05) is 0 Å². The molecule has 0 radical (unpaired) electrons. The number of alkyl halides is 3. The summed E-state index contributed by atoms with van der Waals surface area (Å²) in [6, 6.07) is 0.785. The molecular formula is C7H2BrF3N2. The van der Waals surface area contributed by atoms with Crippen LogP contribution in [0.1, 0.15) is 5.69 Å². The molecular weight excluding hydrogens is 249 g/mol. The molecule has 0 atom stereocenters. The summed E-state index contributed by atoms with van der Waals surface area (Å²) in [7, 11) is 0. The second-order valence-electron chi connectivity index (χ2n) is 2.13. The smallest absolute Gasteiger partial charge is 0.263 e. The van der Waals surface area contributed by atoms with E-state index in [0.29, 0.717) is 0 Å². The molecule has 0 amide bonds. The van der Waals surface area contributed by atoms with E-state index in [9.17, 15) is 13.2 Å². The molecule has 1 aromatic rings. The number of hydrogen-bond acceptors (Lipinski definition) is 1. The molecule has 0 fully saturated rings. The Morgan fingerprint density at radius 1 is 1.46 bits per heavy atom. The zero-order valence-corrected chi connectivity index (χ0v) is 7.65. The quantitative estimate of drug-likeness (QED) is 0.646. The van der Waals surface area contributed by atoms with Gasteiger partial charge in [0, 0.05) is 10.7 Å². The Hall–Kier alpha value is -1.09. The second-order valence-corrected chi connectivity index (χ2v) is 2.98. The van der Waals surface area contributed by atoms with Crippen LogP contribution in [0.25, 0.3) is 4.85 Å². The molecule has 68 valence electrons. The van der Waals surface area contributed by atoms with Gasteiger partial charge in [-0.25, -0.2) is 4.85 Å². The predicted octanol–water partition coefficient (Wildman–Crippen LogP) is 3.41. The lowest BCUT2D eigenvalue weighted by molar-refractivity contribution is -0.141. The van der Waals surface area contributed by atoms with Crippen LogP contribution in [0.15, 0.2) is 16.7 Å². The summed E-state index contributed by atoms with van der Waals surface area (Å²) in [5.74, 6) is 0. The van der Waals surface area contributed by atoms with Gasteiger partial charge in [0.25, 0.3) is 0 Å². The maximum absolute atomic E-state index is 12.0. The van der Waals surface area contributed by atoms with Crippen LogP contribution in [0.3, 0.4) is 0 Å². The molecule has 0 saturated heterocycles. The van der Waals surface area contributed by atoms with Crippen molar-refractivity contribution in [1.29, 1.82) is 0 Å². The third kappa shape index (κ3) is 2.18. The maximum atomic E-state index is 12.0. The molecule has 6 heteroatoms. The van der Waals surface area contributed by atoms with E-state index in [-0.39, 0.29) is 10.2 Å². The molecule has 0 unspecified atom stereocenters. The molecule has 0 aliphatic carbocycles. The maximum Gasteiger partial charge on any atom is 0.433 e. The zero-order valence-electron chi connectivity index (χ0n) is 6.06. The average Bonchev–Trinajstić information content (AvgIpc) is 2.02. The highest BCUT2D eigenvalue weighted by Crippen LogP contribution is 2.32. The summed E-state index contributed by atoms with van der Waals surface area (Å²) >= 11 is 2.85. The first-order valence-corrected chi connectivity index (χ1v) is 3.84. The lowest BCUT2D eigenvalue weighted by atomic mass is 10.3. The molecule has 2 nitrogen and oxygen atoms in total. The minimum absolute atomic E-state index is 0.0630. The fourth-order valence-electron chi connectivity index (χ4n) is 0.661. The van der Waals surface area contributed by atoms with Crippen molar-refractivity contribution in [1.82, 2.24) is 4.98 Å². The molecule has 0 aliphatic heterocycles. The van der Waals surface area contributed by atoms with Crippen molar-refractivity contribution in [3.63, 3.8) is 0 Å². The Bertz CT molecular complexity index is 367. The van der Waals surface area contributed by atoms with Gasteiger partial charge in [-0.3, -0.25) is 4.98 Å². The van der Waals surface area contributed by atoms with Crippen molar-refractivity contribution >= 4 is 21.6 Å². The van der Waals surface area contributed by atoms with E-state index in [0.717, 1.165) is 12.3 Å². The minimum Gasteiger partial charge on any atom is -0.263 e. The number of aromatic nitrogens is 1. The molecule has 0 aromatic carbocycles. The molecule has 0 N–H and O–H groups in total. The van der Waals surface area contributed by atoms with Gasteiger partial charge in [-0.15, -0.1) is 0 Å². The van der Waals surface area contributed by atoms with Gasteiger partial charge < -0.3 is 0 Å². The topological polar surface area (TPSA) is 17.2 Å². The van der Waals surface area contributed by atoms with Gasteiger partial charge in [0.05, 0.1) is 6.57 Å². The molecule has 0 spiro atoms. The SMILES string of the molecule is [C-]#[N+]c1cnc(C(F)(F)F)cc1Br. The van der Waals surface area contributed by atoms with Crippen LogP contribution in [0, 0.1) is 6.57 Å². The van der Waals surface area contributed by atoms with Crippen LogP contribution in [0.5, 0.6) is 0 Å². The Labute approximate surface area is 80.3 Å². The van der Waals surface area contributed by atoms with E-state index >= 15 is 0 Å². The number of rotatable bonds is 0. The molecule has 0 saturated carbocycles. The molecule has 13 heavy (non-hydrogen) atoms. The first kappa shape index (κ1) is 9.99.